The normalized spacial score (nSPS) is 20.6. The molecule has 1 saturated carbocycles. The van der Waals surface area contributed by atoms with Crippen molar-refractivity contribution in [2.45, 2.75) is 44.2 Å². The van der Waals surface area contributed by atoms with E-state index in [2.05, 4.69) is 0 Å². The minimum absolute atomic E-state index is 0.0598. The van der Waals surface area contributed by atoms with Crippen molar-refractivity contribution in [2.24, 2.45) is 11.7 Å². The maximum Gasteiger partial charge on any atom is 0.0791 e. The molecule has 100 valence electrons. The predicted octanol–water partition coefficient (Wildman–Crippen LogP) is 3.94. The quantitative estimate of drug-likeness (QED) is 0.897. The van der Waals surface area contributed by atoms with Gasteiger partial charge in [-0.1, -0.05) is 43.0 Å². The van der Waals surface area contributed by atoms with E-state index < -0.39 is 0 Å². The van der Waals surface area contributed by atoms with Crippen molar-refractivity contribution in [1.29, 1.82) is 0 Å². The van der Waals surface area contributed by atoms with E-state index in [1.54, 1.807) is 7.11 Å². The summed E-state index contributed by atoms with van der Waals surface area (Å²) in [6, 6.07) is 7.73. The number of benzene rings is 1. The third-order valence-electron chi connectivity index (χ3n) is 4.00. The minimum atomic E-state index is -0.0598. The monoisotopic (exact) mass is 267 g/mol. The first-order valence-corrected chi connectivity index (χ1v) is 7.14. The number of hydrogen-bond donors (Lipinski definition) is 1. The number of halogens is 1. The standard InChI is InChI=1S/C15H22ClNO/c1-18-15(12-5-3-2-4-6-12)14(17)11-7-9-13(16)10-8-11/h7-10,12,14-15H,2-6,17H2,1H3. The van der Waals surface area contributed by atoms with Crippen LogP contribution in [0.4, 0.5) is 0 Å². The van der Waals surface area contributed by atoms with E-state index >= 15 is 0 Å². The molecule has 0 spiro atoms. The summed E-state index contributed by atoms with van der Waals surface area (Å²) < 4.78 is 5.68. The number of methoxy groups -OCH3 is 1. The van der Waals surface area contributed by atoms with E-state index in [9.17, 15) is 0 Å². The van der Waals surface area contributed by atoms with Gasteiger partial charge in [0, 0.05) is 12.1 Å². The molecule has 18 heavy (non-hydrogen) atoms. The van der Waals surface area contributed by atoms with Gasteiger partial charge >= 0.3 is 0 Å². The van der Waals surface area contributed by atoms with Gasteiger partial charge in [-0.05, 0) is 36.5 Å². The second kappa shape index (κ2) is 6.55. The summed E-state index contributed by atoms with van der Waals surface area (Å²) in [7, 11) is 1.77. The predicted molar refractivity (Wildman–Crippen MR) is 75.8 cm³/mol. The second-order valence-corrected chi connectivity index (χ2v) is 5.61. The maximum atomic E-state index is 6.36. The molecule has 3 heteroatoms. The minimum Gasteiger partial charge on any atom is -0.379 e. The van der Waals surface area contributed by atoms with Crippen LogP contribution in [0.2, 0.25) is 5.02 Å². The largest absolute Gasteiger partial charge is 0.379 e. The SMILES string of the molecule is COC(C1CCCCC1)C(N)c1ccc(Cl)cc1. The molecule has 0 heterocycles. The average molecular weight is 268 g/mol. The highest BCUT2D eigenvalue weighted by atomic mass is 35.5. The van der Waals surface area contributed by atoms with Crippen LogP contribution in [0, 0.1) is 5.92 Å². The first-order chi connectivity index (χ1) is 8.72. The fourth-order valence-electron chi connectivity index (χ4n) is 2.97. The van der Waals surface area contributed by atoms with Crippen molar-refractivity contribution in [3.8, 4) is 0 Å². The first kappa shape index (κ1) is 13.9. The van der Waals surface area contributed by atoms with Gasteiger partial charge in [0.25, 0.3) is 0 Å². The Kier molecular flexibility index (Phi) is 5.04. The highest BCUT2D eigenvalue weighted by Crippen LogP contribution is 2.33. The number of ether oxygens (including phenoxy) is 1. The Bertz CT molecular complexity index is 359. The summed E-state index contributed by atoms with van der Waals surface area (Å²) in [5.74, 6) is 0.592. The van der Waals surface area contributed by atoms with Gasteiger partial charge in [0.15, 0.2) is 0 Å². The molecule has 1 aromatic rings. The van der Waals surface area contributed by atoms with Gasteiger partial charge in [-0.3, -0.25) is 0 Å². The van der Waals surface area contributed by atoms with Gasteiger partial charge in [-0.25, -0.2) is 0 Å². The lowest BCUT2D eigenvalue weighted by atomic mass is 9.81. The molecule has 1 aliphatic rings. The van der Waals surface area contributed by atoms with Crippen LogP contribution < -0.4 is 5.73 Å². The van der Waals surface area contributed by atoms with Gasteiger partial charge in [0.2, 0.25) is 0 Å². The highest BCUT2D eigenvalue weighted by Gasteiger charge is 2.29. The molecule has 2 atom stereocenters. The van der Waals surface area contributed by atoms with Crippen LogP contribution in [0.15, 0.2) is 24.3 Å². The molecular weight excluding hydrogens is 246 g/mol. The molecule has 2 nitrogen and oxygen atoms in total. The Morgan fingerprint density at radius 1 is 1.17 bits per heavy atom. The van der Waals surface area contributed by atoms with Crippen LogP contribution >= 0.6 is 11.6 Å². The summed E-state index contributed by atoms with van der Waals surface area (Å²) >= 11 is 5.91. The van der Waals surface area contributed by atoms with Crippen LogP contribution in [0.1, 0.15) is 43.7 Å². The zero-order valence-electron chi connectivity index (χ0n) is 10.9. The van der Waals surface area contributed by atoms with Crippen LogP contribution in [-0.4, -0.2) is 13.2 Å². The Hall–Kier alpha value is -0.570. The molecule has 0 amide bonds. The third-order valence-corrected chi connectivity index (χ3v) is 4.25. The molecule has 0 saturated heterocycles. The lowest BCUT2D eigenvalue weighted by Crippen LogP contribution is -2.35. The molecule has 0 aliphatic heterocycles. The Labute approximate surface area is 114 Å². The highest BCUT2D eigenvalue weighted by molar-refractivity contribution is 6.30. The summed E-state index contributed by atoms with van der Waals surface area (Å²) in [5, 5.41) is 0.748. The van der Waals surface area contributed by atoms with Crippen molar-refractivity contribution in [1.82, 2.24) is 0 Å². The molecular formula is C15H22ClNO. The lowest BCUT2D eigenvalue weighted by Gasteiger charge is -2.33. The lowest BCUT2D eigenvalue weighted by molar-refractivity contribution is 0.0173. The number of nitrogens with two attached hydrogens (primary N) is 1. The van der Waals surface area contributed by atoms with Crippen molar-refractivity contribution in [3.63, 3.8) is 0 Å². The zero-order valence-corrected chi connectivity index (χ0v) is 11.7. The van der Waals surface area contributed by atoms with Crippen LogP contribution in [0.5, 0.6) is 0 Å². The smallest absolute Gasteiger partial charge is 0.0791 e. The van der Waals surface area contributed by atoms with E-state index in [1.165, 1.54) is 32.1 Å². The van der Waals surface area contributed by atoms with E-state index in [1.807, 2.05) is 24.3 Å². The fourth-order valence-corrected chi connectivity index (χ4v) is 3.10. The number of rotatable bonds is 4. The second-order valence-electron chi connectivity index (χ2n) is 5.18. The van der Waals surface area contributed by atoms with Crippen molar-refractivity contribution in [3.05, 3.63) is 34.9 Å². The van der Waals surface area contributed by atoms with Gasteiger partial charge in [-0.15, -0.1) is 0 Å². The average Bonchev–Trinajstić information content (AvgIpc) is 2.41. The van der Waals surface area contributed by atoms with Crippen LogP contribution in [0.25, 0.3) is 0 Å². The molecule has 2 rings (SSSR count). The molecule has 0 radical (unpaired) electrons. The maximum absolute atomic E-state index is 6.36. The van der Waals surface area contributed by atoms with Gasteiger partial charge < -0.3 is 10.5 Å². The third kappa shape index (κ3) is 3.25. The summed E-state index contributed by atoms with van der Waals surface area (Å²) in [6.07, 6.45) is 6.55. The van der Waals surface area contributed by atoms with Crippen molar-refractivity contribution < 1.29 is 4.74 Å². The topological polar surface area (TPSA) is 35.2 Å². The molecule has 0 bridgehead atoms. The summed E-state index contributed by atoms with van der Waals surface area (Å²) in [5.41, 5.74) is 7.47. The molecule has 1 aromatic carbocycles. The summed E-state index contributed by atoms with van der Waals surface area (Å²) in [4.78, 5) is 0. The molecule has 2 unspecified atom stereocenters. The molecule has 0 aromatic heterocycles. The van der Waals surface area contributed by atoms with Gasteiger partial charge in [0.1, 0.15) is 0 Å². The zero-order chi connectivity index (χ0) is 13.0. The fraction of sp³-hybridized carbons (Fsp3) is 0.600. The Balaban J connectivity index is 2.08. The Morgan fingerprint density at radius 3 is 2.33 bits per heavy atom. The summed E-state index contributed by atoms with van der Waals surface area (Å²) in [6.45, 7) is 0. The van der Waals surface area contributed by atoms with Crippen LogP contribution in [0.3, 0.4) is 0 Å². The number of hydrogen-bond acceptors (Lipinski definition) is 2. The first-order valence-electron chi connectivity index (χ1n) is 6.76. The molecule has 1 aliphatic carbocycles. The van der Waals surface area contributed by atoms with Crippen molar-refractivity contribution >= 4 is 11.6 Å². The van der Waals surface area contributed by atoms with E-state index in [0.717, 1.165) is 10.6 Å². The van der Waals surface area contributed by atoms with E-state index in [-0.39, 0.29) is 12.1 Å². The molecule has 1 fully saturated rings. The van der Waals surface area contributed by atoms with Gasteiger partial charge in [-0.2, -0.15) is 0 Å². The van der Waals surface area contributed by atoms with E-state index in [0.29, 0.717) is 5.92 Å². The Morgan fingerprint density at radius 2 is 1.78 bits per heavy atom. The van der Waals surface area contributed by atoms with Crippen LogP contribution in [-0.2, 0) is 4.74 Å². The van der Waals surface area contributed by atoms with Gasteiger partial charge in [0.05, 0.1) is 12.1 Å². The molecule has 2 N–H and O–H groups in total. The van der Waals surface area contributed by atoms with E-state index in [4.69, 9.17) is 22.1 Å². The van der Waals surface area contributed by atoms with Crippen molar-refractivity contribution in [2.75, 3.05) is 7.11 Å².